The second-order valence-electron chi connectivity index (χ2n) is 17.4. The van der Waals surface area contributed by atoms with Gasteiger partial charge in [0.2, 0.25) is 0 Å². The Bertz CT molecular complexity index is 3060. The van der Waals surface area contributed by atoms with E-state index in [9.17, 15) is 0 Å². The highest BCUT2D eigenvalue weighted by molar-refractivity contribution is 6.73. The molecule has 8 aromatic rings. The van der Waals surface area contributed by atoms with Crippen LogP contribution < -0.4 is 26.5 Å². The first-order valence-electron chi connectivity index (χ1n) is 23.4. The minimum Gasteiger partial charge on any atom is -0.362 e. The van der Waals surface area contributed by atoms with Crippen LogP contribution in [0.1, 0.15) is 48.8 Å². The number of hydrogen-bond donors (Lipinski definition) is 2. The Morgan fingerprint density at radius 2 is 1.24 bits per heavy atom. The minimum absolute atomic E-state index is 0.800. The van der Waals surface area contributed by atoms with Gasteiger partial charge in [0.15, 0.2) is 7.28 Å². The highest BCUT2D eigenvalue weighted by Crippen LogP contribution is 2.42. The van der Waals surface area contributed by atoms with Gasteiger partial charge in [-0.1, -0.05) is 169 Å². The largest absolute Gasteiger partial charge is 0.362 e. The summed E-state index contributed by atoms with van der Waals surface area (Å²) in [5.41, 5.74) is 21.8. The third-order valence-corrected chi connectivity index (χ3v) is 12.7. The van der Waals surface area contributed by atoms with E-state index in [2.05, 4.69) is 241 Å². The lowest BCUT2D eigenvalue weighted by Crippen LogP contribution is -2.41. The van der Waals surface area contributed by atoms with Gasteiger partial charge < -0.3 is 15.5 Å². The quantitative estimate of drug-likeness (QED) is 0.0894. The maximum Gasteiger partial charge on any atom is 0.198 e. The van der Waals surface area contributed by atoms with Crippen molar-refractivity contribution in [3.05, 3.63) is 241 Å². The van der Waals surface area contributed by atoms with Gasteiger partial charge in [-0.15, -0.1) is 0 Å². The number of allylic oxidation sites excluding steroid dienone is 6. The molecule has 3 nitrogen and oxygen atoms in total. The minimum atomic E-state index is 0.800. The zero-order valence-corrected chi connectivity index (χ0v) is 37.6. The lowest BCUT2D eigenvalue weighted by molar-refractivity contribution is 0.742. The van der Waals surface area contributed by atoms with Crippen LogP contribution in [0.25, 0.3) is 45.0 Å². The van der Waals surface area contributed by atoms with Gasteiger partial charge >= 0.3 is 0 Å². The molecule has 0 amide bonds. The van der Waals surface area contributed by atoms with E-state index in [1.54, 1.807) is 0 Å². The van der Waals surface area contributed by atoms with E-state index in [0.29, 0.717) is 0 Å². The van der Waals surface area contributed by atoms with E-state index in [0.717, 1.165) is 42.7 Å². The van der Waals surface area contributed by atoms with Crippen LogP contribution in [0.3, 0.4) is 0 Å². The number of nitrogens with one attached hydrogen (secondary N) is 2. The molecule has 66 heavy (non-hydrogen) atoms. The van der Waals surface area contributed by atoms with Crippen molar-refractivity contribution in [3.63, 3.8) is 0 Å². The van der Waals surface area contributed by atoms with E-state index in [1.807, 2.05) is 12.3 Å². The average molecular weight is 852 g/mol. The Kier molecular flexibility index (Phi) is 12.7. The molecule has 0 fully saturated rings. The van der Waals surface area contributed by atoms with E-state index >= 15 is 0 Å². The molecule has 2 N–H and O–H groups in total. The van der Waals surface area contributed by atoms with Crippen molar-refractivity contribution in [2.45, 2.75) is 39.0 Å². The summed E-state index contributed by atoms with van der Waals surface area (Å²) in [6.07, 6.45) is 20.9. The second kappa shape index (κ2) is 19.9. The predicted octanol–water partition coefficient (Wildman–Crippen LogP) is 15.5. The Morgan fingerprint density at radius 1 is 0.561 bits per heavy atom. The molecule has 0 saturated carbocycles. The maximum atomic E-state index is 3.86. The monoisotopic (exact) mass is 851 g/mol. The van der Waals surface area contributed by atoms with Crippen LogP contribution >= 0.6 is 0 Å². The summed E-state index contributed by atoms with van der Waals surface area (Å²) < 4.78 is 0. The van der Waals surface area contributed by atoms with Crippen molar-refractivity contribution >= 4 is 64.0 Å². The molecule has 4 heteroatoms. The Labute approximate surface area is 391 Å². The number of aryl methyl sites for hydroxylation is 1. The van der Waals surface area contributed by atoms with Gasteiger partial charge in [0.25, 0.3) is 0 Å². The number of anilines is 6. The Hall–Kier alpha value is -7.82. The van der Waals surface area contributed by atoms with Gasteiger partial charge in [-0.3, -0.25) is 0 Å². The lowest BCUT2D eigenvalue weighted by Gasteiger charge is -2.35. The number of nitrogens with zero attached hydrogens (tertiary/aromatic N) is 1. The van der Waals surface area contributed by atoms with Crippen LogP contribution in [0, 0.1) is 6.92 Å². The van der Waals surface area contributed by atoms with Crippen LogP contribution in [0.4, 0.5) is 34.1 Å². The zero-order valence-electron chi connectivity index (χ0n) is 37.6. The Balaban J connectivity index is 1.04. The molecule has 0 bridgehead atoms. The molecule has 0 aromatic heterocycles. The Morgan fingerprint density at radius 3 is 1.98 bits per heavy atom. The van der Waals surface area contributed by atoms with Crippen LogP contribution in [0.5, 0.6) is 0 Å². The molecule has 2 aliphatic rings. The van der Waals surface area contributed by atoms with E-state index in [-0.39, 0.29) is 0 Å². The third-order valence-electron chi connectivity index (χ3n) is 12.7. The second-order valence-corrected chi connectivity index (χ2v) is 17.4. The highest BCUT2D eigenvalue weighted by Gasteiger charge is 2.29. The molecule has 0 saturated heterocycles. The van der Waals surface area contributed by atoms with Crippen LogP contribution in [0.15, 0.2) is 225 Å². The van der Waals surface area contributed by atoms with Crippen molar-refractivity contribution in [2.75, 3.05) is 15.5 Å². The summed E-state index contributed by atoms with van der Waals surface area (Å²) in [6, 6.07) is 68.3. The fourth-order valence-electron chi connectivity index (χ4n) is 9.40. The molecule has 0 radical (unpaired) electrons. The van der Waals surface area contributed by atoms with Gasteiger partial charge in [-0.2, -0.15) is 0 Å². The standard InChI is InChI=1S/C62H54BN3/c1-45-41-57(62-61(42-45)66(55-36-30-51(31-37-55)48-24-14-7-15-25-48)60-39-32-52(43-58(60)63-62)49-26-16-8-17-27-49)56-44-54(64-40-18-4-2-3-9-19-46-20-10-5-11-21-46)35-38-59(56)65-53-33-28-50(29-34-53)47-22-12-6-13-23-47/h2,4-6,8-13,16-24,26-44,63-65H,3,7,14-15,25H2,1H3/b4-2-,19-9-,40-18+. The SMILES string of the molecule is Cc1cc(-c2cc(N/C=C/C=C\C/C=C\c3ccccc3)ccc2Nc2ccc(-c3ccccc3)cc2)c2c(c1)N(c1ccc(C3=CCCCC3)cc1)c1ccc(-c3ccccc3)cc1B2. The lowest BCUT2D eigenvalue weighted by atomic mass is 9.57. The number of rotatable bonds is 13. The van der Waals surface area contributed by atoms with Crippen LogP contribution in [0.2, 0.25) is 0 Å². The van der Waals surface area contributed by atoms with E-state index < -0.39 is 0 Å². The molecule has 8 aromatic carbocycles. The molecule has 0 unspecified atom stereocenters. The molecule has 0 spiro atoms. The van der Waals surface area contributed by atoms with E-state index in [1.165, 1.54) is 97.3 Å². The summed E-state index contributed by atoms with van der Waals surface area (Å²) in [6.45, 7) is 2.23. The summed E-state index contributed by atoms with van der Waals surface area (Å²) in [5.74, 6) is 0. The highest BCUT2D eigenvalue weighted by atomic mass is 15.1. The molecule has 1 heterocycles. The van der Waals surface area contributed by atoms with Crippen LogP contribution in [-0.2, 0) is 0 Å². The van der Waals surface area contributed by atoms with E-state index in [4.69, 9.17) is 0 Å². The van der Waals surface area contributed by atoms with Gasteiger partial charge in [-0.05, 0) is 155 Å². The first-order chi connectivity index (χ1) is 32.6. The van der Waals surface area contributed by atoms with Crippen molar-refractivity contribution in [3.8, 4) is 33.4 Å². The summed E-state index contributed by atoms with van der Waals surface area (Å²) in [5, 5.41) is 7.46. The summed E-state index contributed by atoms with van der Waals surface area (Å²) >= 11 is 0. The normalized spacial score (nSPS) is 13.3. The summed E-state index contributed by atoms with van der Waals surface area (Å²) in [7, 11) is 0.800. The molecule has 1 aliphatic carbocycles. The smallest absolute Gasteiger partial charge is 0.198 e. The van der Waals surface area contributed by atoms with Gasteiger partial charge in [0.05, 0.1) is 0 Å². The predicted molar refractivity (Wildman–Crippen MR) is 287 cm³/mol. The van der Waals surface area contributed by atoms with Gasteiger partial charge in [0, 0.05) is 45.9 Å². The maximum absolute atomic E-state index is 3.86. The molecule has 1 aliphatic heterocycles. The van der Waals surface area contributed by atoms with Crippen molar-refractivity contribution in [2.24, 2.45) is 0 Å². The fourth-order valence-corrected chi connectivity index (χ4v) is 9.40. The zero-order chi connectivity index (χ0) is 44.5. The first-order valence-corrected chi connectivity index (χ1v) is 23.4. The number of hydrogen-bond acceptors (Lipinski definition) is 3. The molecule has 320 valence electrons. The van der Waals surface area contributed by atoms with Gasteiger partial charge in [0.1, 0.15) is 0 Å². The molecule has 0 atom stereocenters. The number of benzene rings is 8. The molecular weight excluding hydrogens is 798 g/mol. The summed E-state index contributed by atoms with van der Waals surface area (Å²) in [4.78, 5) is 2.50. The van der Waals surface area contributed by atoms with Crippen molar-refractivity contribution < 1.29 is 0 Å². The third kappa shape index (κ3) is 9.65. The van der Waals surface area contributed by atoms with Crippen LogP contribution in [-0.4, -0.2) is 7.28 Å². The topological polar surface area (TPSA) is 27.3 Å². The fraction of sp³-hybridized carbons (Fsp3) is 0.0968. The first kappa shape index (κ1) is 42.2. The number of fused-ring (bicyclic) bond motifs is 2. The average Bonchev–Trinajstić information content (AvgIpc) is 3.38. The van der Waals surface area contributed by atoms with Crippen molar-refractivity contribution in [1.29, 1.82) is 0 Å². The molecule has 10 rings (SSSR count). The molecular formula is C62H54BN3. The van der Waals surface area contributed by atoms with Crippen molar-refractivity contribution in [1.82, 2.24) is 0 Å². The van der Waals surface area contributed by atoms with Gasteiger partial charge in [-0.25, -0.2) is 0 Å².